The van der Waals surface area contributed by atoms with Crippen LogP contribution in [0.25, 0.3) is 0 Å². The minimum Gasteiger partial charge on any atom is -0.323 e. The Labute approximate surface area is 100 Å². The summed E-state index contributed by atoms with van der Waals surface area (Å²) in [4.78, 5) is 4.17. The molecule has 0 bridgehead atoms. The highest BCUT2D eigenvalue weighted by Crippen LogP contribution is 2.23. The van der Waals surface area contributed by atoms with Crippen molar-refractivity contribution in [1.82, 2.24) is 4.98 Å². The Morgan fingerprint density at radius 2 is 1.76 bits per heavy atom. The third-order valence-corrected chi connectivity index (χ3v) is 3.23. The van der Waals surface area contributed by atoms with Crippen molar-refractivity contribution in [2.24, 2.45) is 10.9 Å². The zero-order valence-electron chi connectivity index (χ0n) is 9.43. The first-order chi connectivity index (χ1) is 8.40. The van der Waals surface area contributed by atoms with E-state index in [0.29, 0.717) is 0 Å². The molecule has 1 aromatic heterocycles. The van der Waals surface area contributed by atoms with E-state index in [0.717, 1.165) is 29.7 Å². The second-order valence-corrected chi connectivity index (χ2v) is 4.17. The van der Waals surface area contributed by atoms with Crippen molar-refractivity contribution in [1.29, 1.82) is 0 Å². The molecule has 0 amide bonds. The molecule has 17 heavy (non-hydrogen) atoms. The Balaban J connectivity index is 2.27. The number of nitrogens with two attached hydrogens (primary N) is 1. The molecule has 0 atom stereocenters. The van der Waals surface area contributed by atoms with Gasteiger partial charge in [-0.25, -0.2) is 0 Å². The molecule has 1 aromatic carbocycles. The number of rotatable bonds is 0. The molecule has 1 heterocycles. The number of aromatic nitrogens is 1. The summed E-state index contributed by atoms with van der Waals surface area (Å²) in [5.41, 5.74) is 5.59. The quantitative estimate of drug-likeness (QED) is 0.547. The van der Waals surface area contributed by atoms with E-state index in [-0.39, 0.29) is 0 Å². The summed E-state index contributed by atoms with van der Waals surface area (Å²) in [6.07, 6.45) is 5.70. The Kier molecular flexibility index (Phi) is 2.37. The molecule has 0 radical (unpaired) electrons. The summed E-state index contributed by atoms with van der Waals surface area (Å²) < 4.78 is 0. The van der Waals surface area contributed by atoms with Crippen LogP contribution in [0, 0.1) is 0 Å². The van der Waals surface area contributed by atoms with Gasteiger partial charge in [-0.3, -0.25) is 4.98 Å². The van der Waals surface area contributed by atoms with E-state index in [9.17, 15) is 0 Å². The second-order valence-electron chi connectivity index (χ2n) is 4.17. The summed E-state index contributed by atoms with van der Waals surface area (Å²) in [7, 11) is 0. The van der Waals surface area contributed by atoms with E-state index >= 15 is 0 Å². The molecule has 0 saturated heterocycles. The van der Waals surface area contributed by atoms with Crippen LogP contribution in [-0.4, -0.2) is 10.7 Å². The van der Waals surface area contributed by atoms with Gasteiger partial charge in [0, 0.05) is 23.5 Å². The fourth-order valence-electron chi connectivity index (χ4n) is 2.38. The lowest BCUT2D eigenvalue weighted by molar-refractivity contribution is 0.960. The van der Waals surface area contributed by atoms with Crippen molar-refractivity contribution in [3.63, 3.8) is 0 Å². The van der Waals surface area contributed by atoms with E-state index in [4.69, 9.17) is 5.84 Å². The van der Waals surface area contributed by atoms with Gasteiger partial charge in [-0.2, -0.15) is 5.10 Å². The van der Waals surface area contributed by atoms with Gasteiger partial charge in [0.2, 0.25) is 0 Å². The third-order valence-electron chi connectivity index (χ3n) is 3.23. The lowest BCUT2D eigenvalue weighted by Gasteiger charge is -2.07. The van der Waals surface area contributed by atoms with Gasteiger partial charge >= 0.3 is 0 Å². The predicted molar refractivity (Wildman–Crippen MR) is 67.9 cm³/mol. The number of aryl methyl sites for hydroxylation is 2. The van der Waals surface area contributed by atoms with Gasteiger partial charge in [-0.15, -0.1) is 0 Å². The van der Waals surface area contributed by atoms with Crippen molar-refractivity contribution in [2.75, 3.05) is 0 Å². The Hall–Kier alpha value is -2.16. The number of fused-ring (bicyclic) bond motifs is 2. The molecular weight excluding hydrogens is 210 g/mol. The number of nitrogens with zero attached hydrogens (tertiary/aromatic N) is 2. The maximum Gasteiger partial charge on any atom is 0.0992 e. The van der Waals surface area contributed by atoms with E-state index in [1.807, 2.05) is 24.5 Å². The Bertz CT molecular complexity index is 538. The summed E-state index contributed by atoms with van der Waals surface area (Å²) in [6, 6.07) is 10.3. The molecule has 0 unspecified atom stereocenters. The molecule has 3 rings (SSSR count). The van der Waals surface area contributed by atoms with Gasteiger partial charge in [0.15, 0.2) is 0 Å². The SMILES string of the molecule is N/N=C1/c2ccccc2CCc2ccncc21. The van der Waals surface area contributed by atoms with Crippen LogP contribution in [0.15, 0.2) is 47.8 Å². The van der Waals surface area contributed by atoms with Crippen molar-refractivity contribution in [3.8, 4) is 0 Å². The highest BCUT2D eigenvalue weighted by atomic mass is 15.1. The highest BCUT2D eigenvalue weighted by Gasteiger charge is 2.18. The standard InChI is InChI=1S/C14H13N3/c15-17-14-12-4-2-1-3-10(12)5-6-11-7-8-16-9-13(11)14/h1-4,7-9H,5-6,15H2/b17-14-. The average Bonchev–Trinajstić information content (AvgIpc) is 2.55. The van der Waals surface area contributed by atoms with Gasteiger partial charge < -0.3 is 5.84 Å². The minimum absolute atomic E-state index is 0.848. The fraction of sp³-hybridized carbons (Fsp3) is 0.143. The lowest BCUT2D eigenvalue weighted by Crippen LogP contribution is -2.09. The highest BCUT2D eigenvalue weighted by molar-refractivity contribution is 6.14. The summed E-state index contributed by atoms with van der Waals surface area (Å²) in [5, 5.41) is 3.97. The van der Waals surface area contributed by atoms with Crippen LogP contribution in [0.1, 0.15) is 22.3 Å². The van der Waals surface area contributed by atoms with E-state index in [2.05, 4.69) is 28.3 Å². The Morgan fingerprint density at radius 1 is 1.00 bits per heavy atom. The first-order valence-corrected chi connectivity index (χ1v) is 5.69. The fourth-order valence-corrected chi connectivity index (χ4v) is 2.38. The summed E-state index contributed by atoms with van der Waals surface area (Å²) in [6.45, 7) is 0. The predicted octanol–water partition coefficient (Wildman–Crippen LogP) is 1.89. The molecule has 2 N–H and O–H groups in total. The van der Waals surface area contributed by atoms with Gasteiger partial charge in [-0.05, 0) is 30.0 Å². The second kappa shape index (κ2) is 4.01. The molecule has 3 heteroatoms. The molecule has 0 saturated carbocycles. The molecule has 1 aliphatic carbocycles. The van der Waals surface area contributed by atoms with Gasteiger partial charge in [-0.1, -0.05) is 24.3 Å². The van der Waals surface area contributed by atoms with E-state index < -0.39 is 0 Å². The van der Waals surface area contributed by atoms with Crippen LogP contribution in [0.2, 0.25) is 0 Å². The van der Waals surface area contributed by atoms with Crippen molar-refractivity contribution in [3.05, 3.63) is 65.0 Å². The topological polar surface area (TPSA) is 51.3 Å². The minimum atomic E-state index is 0.848. The first-order valence-electron chi connectivity index (χ1n) is 5.69. The average molecular weight is 223 g/mol. The van der Waals surface area contributed by atoms with Crippen LogP contribution in [0.3, 0.4) is 0 Å². The molecule has 0 aliphatic heterocycles. The maximum absolute atomic E-state index is 5.56. The lowest BCUT2D eigenvalue weighted by atomic mass is 10.00. The van der Waals surface area contributed by atoms with E-state index in [1.165, 1.54) is 11.1 Å². The zero-order chi connectivity index (χ0) is 11.7. The molecule has 2 aromatic rings. The van der Waals surface area contributed by atoms with Crippen molar-refractivity contribution < 1.29 is 0 Å². The van der Waals surface area contributed by atoms with Crippen molar-refractivity contribution in [2.45, 2.75) is 12.8 Å². The van der Waals surface area contributed by atoms with Gasteiger partial charge in [0.1, 0.15) is 0 Å². The third kappa shape index (κ3) is 1.60. The van der Waals surface area contributed by atoms with Crippen LogP contribution in [0.4, 0.5) is 0 Å². The first kappa shape index (κ1) is 10.0. The largest absolute Gasteiger partial charge is 0.323 e. The smallest absolute Gasteiger partial charge is 0.0992 e. The number of hydrazone groups is 1. The molecule has 1 aliphatic rings. The maximum atomic E-state index is 5.56. The Morgan fingerprint density at radius 3 is 2.59 bits per heavy atom. The molecule has 0 fully saturated rings. The number of pyridine rings is 1. The van der Waals surface area contributed by atoms with Crippen molar-refractivity contribution >= 4 is 5.71 Å². The molecule has 3 nitrogen and oxygen atoms in total. The zero-order valence-corrected chi connectivity index (χ0v) is 9.43. The number of hydrogen-bond acceptors (Lipinski definition) is 3. The monoisotopic (exact) mass is 223 g/mol. The number of hydrogen-bond donors (Lipinski definition) is 1. The molecular formula is C14H13N3. The summed E-state index contributed by atoms with van der Waals surface area (Å²) in [5.74, 6) is 5.56. The van der Waals surface area contributed by atoms with Crippen LogP contribution >= 0.6 is 0 Å². The normalized spacial score (nSPS) is 16.1. The van der Waals surface area contributed by atoms with E-state index in [1.54, 1.807) is 0 Å². The van der Waals surface area contributed by atoms with Crippen LogP contribution < -0.4 is 5.84 Å². The van der Waals surface area contributed by atoms with Gasteiger partial charge in [0.25, 0.3) is 0 Å². The van der Waals surface area contributed by atoms with Crippen LogP contribution in [0.5, 0.6) is 0 Å². The molecule has 0 spiro atoms. The van der Waals surface area contributed by atoms with Crippen LogP contribution in [-0.2, 0) is 12.8 Å². The number of benzene rings is 1. The molecule has 84 valence electrons. The summed E-state index contributed by atoms with van der Waals surface area (Å²) >= 11 is 0. The van der Waals surface area contributed by atoms with Gasteiger partial charge in [0.05, 0.1) is 5.71 Å².